The third-order valence-electron chi connectivity index (χ3n) is 11.0. The zero-order valence-electron chi connectivity index (χ0n) is 29.4. The van der Waals surface area contributed by atoms with Crippen LogP contribution in [-0.2, 0) is 0 Å². The van der Waals surface area contributed by atoms with E-state index in [4.69, 9.17) is 4.42 Å². The van der Waals surface area contributed by atoms with Gasteiger partial charge >= 0.3 is 0 Å². The minimum absolute atomic E-state index is 0.872. The summed E-state index contributed by atoms with van der Waals surface area (Å²) in [6.45, 7) is 0. The number of hydrogen-bond acceptors (Lipinski definition) is 4. The summed E-state index contributed by atoms with van der Waals surface area (Å²) in [5, 5.41) is 8.64. The van der Waals surface area contributed by atoms with Gasteiger partial charge in [-0.25, -0.2) is 0 Å². The molecule has 0 aliphatic carbocycles. The van der Waals surface area contributed by atoms with Crippen molar-refractivity contribution < 1.29 is 4.42 Å². The van der Waals surface area contributed by atoms with E-state index in [-0.39, 0.29) is 0 Å². The van der Waals surface area contributed by atoms with Gasteiger partial charge in [0.05, 0.1) is 31.7 Å². The van der Waals surface area contributed by atoms with E-state index in [2.05, 4.69) is 185 Å². The number of benzene rings is 8. The van der Waals surface area contributed by atoms with Crippen LogP contribution in [0.4, 0.5) is 17.1 Å². The molecule has 5 heteroatoms. The van der Waals surface area contributed by atoms with Crippen molar-refractivity contribution in [2.75, 3.05) is 4.90 Å². The van der Waals surface area contributed by atoms with Crippen LogP contribution in [0.25, 0.3) is 90.1 Å². The summed E-state index contributed by atoms with van der Waals surface area (Å²) >= 11 is 3.74. The Bertz CT molecular complexity index is 3330. The highest BCUT2D eigenvalue weighted by molar-refractivity contribution is 7.27. The van der Waals surface area contributed by atoms with Crippen LogP contribution in [0.3, 0.4) is 0 Å². The number of furan rings is 1. The molecule has 0 saturated carbocycles. The number of hydrogen-bond donors (Lipinski definition) is 0. The maximum atomic E-state index is 6.55. The van der Waals surface area contributed by atoms with Gasteiger partial charge in [0.1, 0.15) is 5.58 Å². The first kappa shape index (κ1) is 30.8. The van der Waals surface area contributed by atoms with Gasteiger partial charge in [0.15, 0.2) is 0 Å². The highest BCUT2D eigenvalue weighted by Crippen LogP contribution is 2.49. The molecule has 0 aliphatic heterocycles. The van der Waals surface area contributed by atoms with Gasteiger partial charge in [0, 0.05) is 53.1 Å². The first-order chi connectivity index (χ1) is 27.3. The second kappa shape index (κ2) is 11.9. The van der Waals surface area contributed by atoms with Crippen molar-refractivity contribution >= 4 is 113 Å². The lowest BCUT2D eigenvalue weighted by Gasteiger charge is -2.27. The van der Waals surface area contributed by atoms with Crippen LogP contribution in [0.15, 0.2) is 186 Å². The van der Waals surface area contributed by atoms with Crippen molar-refractivity contribution in [3.8, 4) is 16.8 Å². The molecule has 0 fully saturated rings. The predicted molar refractivity (Wildman–Crippen MR) is 236 cm³/mol. The molecule has 0 N–H and O–H groups in total. The van der Waals surface area contributed by atoms with Gasteiger partial charge in [-0.2, -0.15) is 0 Å². The molecule has 12 aromatic rings. The monoisotopic (exact) mass is 738 g/mol. The number of fused-ring (bicyclic) bond motifs is 11. The van der Waals surface area contributed by atoms with E-state index in [9.17, 15) is 0 Å². The number of nitrogens with zero attached hydrogens (tertiary/aromatic N) is 2. The van der Waals surface area contributed by atoms with E-state index >= 15 is 0 Å². The van der Waals surface area contributed by atoms with Crippen molar-refractivity contribution in [2.24, 2.45) is 0 Å². The fourth-order valence-corrected chi connectivity index (χ4v) is 10.9. The molecule has 0 amide bonds. The Morgan fingerprint density at radius 1 is 0.436 bits per heavy atom. The fraction of sp³-hybridized carbons (Fsp3) is 0. The molecule has 0 unspecified atom stereocenters. The molecule has 8 aromatic carbocycles. The number of rotatable bonds is 5. The van der Waals surface area contributed by atoms with Gasteiger partial charge in [-0.15, -0.1) is 22.7 Å². The Kier molecular flexibility index (Phi) is 6.67. The molecule has 4 heterocycles. The maximum Gasteiger partial charge on any atom is 0.213 e. The van der Waals surface area contributed by atoms with E-state index in [0.717, 1.165) is 39.0 Å². The first-order valence-corrected chi connectivity index (χ1v) is 20.1. The topological polar surface area (TPSA) is 21.3 Å². The Hall–Kier alpha value is -6.66. The molecule has 3 nitrogen and oxygen atoms in total. The van der Waals surface area contributed by atoms with E-state index in [1.54, 1.807) is 0 Å². The van der Waals surface area contributed by atoms with Crippen LogP contribution < -0.4 is 4.90 Å². The lowest BCUT2D eigenvalue weighted by Crippen LogP contribution is -2.10. The van der Waals surface area contributed by atoms with Crippen LogP contribution in [0, 0.1) is 0 Å². The minimum Gasteiger partial charge on any atom is -0.439 e. The highest BCUT2D eigenvalue weighted by atomic mass is 32.1. The number of anilines is 3. The molecule has 4 aromatic heterocycles. The van der Waals surface area contributed by atoms with Gasteiger partial charge in [-0.05, 0) is 77.9 Å². The summed E-state index contributed by atoms with van der Waals surface area (Å²) in [7, 11) is 0. The Morgan fingerprint density at radius 2 is 1.00 bits per heavy atom. The van der Waals surface area contributed by atoms with Gasteiger partial charge in [-0.3, -0.25) is 4.57 Å². The maximum absolute atomic E-state index is 6.55. The van der Waals surface area contributed by atoms with E-state index in [1.165, 1.54) is 68.2 Å². The molecule has 258 valence electrons. The van der Waals surface area contributed by atoms with Gasteiger partial charge < -0.3 is 9.32 Å². The molecule has 0 saturated heterocycles. The van der Waals surface area contributed by atoms with Crippen molar-refractivity contribution in [1.82, 2.24) is 4.57 Å². The SMILES string of the molecule is c1ccc(-n2c3ccc(-c4ccc(N(c5cccc6c5sc5ccccc56)c5cccc6c5sc5ccccc56)cc4)cc3c3c4ccccc4oc32)cc1. The average molecular weight is 739 g/mol. The Morgan fingerprint density at radius 3 is 1.67 bits per heavy atom. The van der Waals surface area contributed by atoms with E-state index in [1.807, 2.05) is 28.7 Å². The van der Waals surface area contributed by atoms with Crippen molar-refractivity contribution in [3.63, 3.8) is 0 Å². The summed E-state index contributed by atoms with van der Waals surface area (Å²) in [5.41, 5.74) is 9.82. The third-order valence-corrected chi connectivity index (χ3v) is 13.4. The van der Waals surface area contributed by atoms with Gasteiger partial charge in [0.25, 0.3) is 0 Å². The van der Waals surface area contributed by atoms with Crippen LogP contribution in [-0.4, -0.2) is 4.57 Å². The molecule has 0 bridgehead atoms. The molecular formula is C50H30N2OS2. The molecule has 0 atom stereocenters. The Labute approximate surface area is 324 Å². The highest BCUT2D eigenvalue weighted by Gasteiger charge is 2.23. The van der Waals surface area contributed by atoms with Crippen molar-refractivity contribution in [1.29, 1.82) is 0 Å². The van der Waals surface area contributed by atoms with Crippen LogP contribution in [0.1, 0.15) is 0 Å². The average Bonchev–Trinajstić information content (AvgIpc) is 4.00. The number of para-hydroxylation sites is 2. The van der Waals surface area contributed by atoms with E-state index in [0.29, 0.717) is 0 Å². The molecule has 12 rings (SSSR count). The summed E-state index contributed by atoms with van der Waals surface area (Å²) in [6, 6.07) is 65.8. The molecule has 0 radical (unpaired) electrons. The standard InChI is InChI=1S/C50H30N2OS2/c1-2-12-33(13-3-1)52-41-29-26-32(30-40(41)47-39-16-4-7-21-44(39)53-50(47)52)31-24-27-34(28-25-31)51(42-19-10-17-37-35-14-5-8-22-45(35)54-48(37)42)43-20-11-18-38-36-15-6-9-23-46(36)55-49(38)43/h1-30H. The second-order valence-corrected chi connectivity index (χ2v) is 16.2. The van der Waals surface area contributed by atoms with Gasteiger partial charge in [0.2, 0.25) is 5.71 Å². The van der Waals surface area contributed by atoms with Gasteiger partial charge in [-0.1, -0.05) is 115 Å². The summed E-state index contributed by atoms with van der Waals surface area (Å²) in [5.74, 6) is 0. The predicted octanol–water partition coefficient (Wildman–Crippen LogP) is 15.4. The van der Waals surface area contributed by atoms with Crippen molar-refractivity contribution in [2.45, 2.75) is 0 Å². The minimum atomic E-state index is 0.872. The lowest BCUT2D eigenvalue weighted by molar-refractivity contribution is 0.645. The van der Waals surface area contributed by atoms with E-state index < -0.39 is 0 Å². The third kappa shape index (κ3) is 4.61. The number of thiophene rings is 2. The molecular weight excluding hydrogens is 709 g/mol. The zero-order chi connectivity index (χ0) is 36.0. The van der Waals surface area contributed by atoms with Crippen molar-refractivity contribution in [3.05, 3.63) is 182 Å². The van der Waals surface area contributed by atoms with Crippen LogP contribution in [0.5, 0.6) is 0 Å². The Balaban J connectivity index is 1.05. The first-order valence-electron chi connectivity index (χ1n) is 18.5. The molecule has 0 aliphatic rings. The zero-order valence-corrected chi connectivity index (χ0v) is 31.1. The fourth-order valence-electron chi connectivity index (χ4n) is 8.53. The smallest absolute Gasteiger partial charge is 0.213 e. The molecule has 55 heavy (non-hydrogen) atoms. The molecule has 0 spiro atoms. The second-order valence-electron chi connectivity index (χ2n) is 14.1. The largest absolute Gasteiger partial charge is 0.439 e. The lowest BCUT2D eigenvalue weighted by atomic mass is 10.0. The number of aromatic nitrogens is 1. The van der Waals surface area contributed by atoms with Crippen LogP contribution in [0.2, 0.25) is 0 Å². The van der Waals surface area contributed by atoms with Crippen LogP contribution >= 0.6 is 22.7 Å². The normalized spacial score (nSPS) is 12.0. The summed E-state index contributed by atoms with van der Waals surface area (Å²) < 4.78 is 14.0. The summed E-state index contributed by atoms with van der Waals surface area (Å²) in [6.07, 6.45) is 0. The summed E-state index contributed by atoms with van der Waals surface area (Å²) in [4.78, 5) is 2.48. The quantitative estimate of drug-likeness (QED) is 0.175.